The number of amides is 1. The molecule has 0 unspecified atom stereocenters. The molecule has 25 heavy (non-hydrogen) atoms. The molecular formula is C19H15N3O2S. The van der Waals surface area contributed by atoms with Gasteiger partial charge in [0.1, 0.15) is 16.8 Å². The number of nitrogens with one attached hydrogen (secondary N) is 1. The van der Waals surface area contributed by atoms with E-state index in [-0.39, 0.29) is 11.7 Å². The second-order valence-corrected chi connectivity index (χ2v) is 6.15. The highest BCUT2D eigenvalue weighted by Crippen LogP contribution is 2.26. The van der Waals surface area contributed by atoms with Gasteiger partial charge in [0.15, 0.2) is 0 Å². The van der Waals surface area contributed by atoms with E-state index in [0.717, 1.165) is 10.9 Å². The quantitative estimate of drug-likeness (QED) is 0.708. The lowest BCUT2D eigenvalue weighted by molar-refractivity contribution is -0.113. The van der Waals surface area contributed by atoms with Gasteiger partial charge >= 0.3 is 0 Å². The van der Waals surface area contributed by atoms with Crippen LogP contribution in [0, 0.1) is 11.3 Å². The average Bonchev–Trinajstić information content (AvgIpc) is 2.66. The molecule has 1 N–H and O–H groups in total. The van der Waals surface area contributed by atoms with Crippen LogP contribution in [0.15, 0.2) is 59.6 Å². The molecule has 0 aliphatic rings. The van der Waals surface area contributed by atoms with Crippen LogP contribution < -0.4 is 10.1 Å². The Kier molecular flexibility index (Phi) is 5.17. The number of carbonyl (C=O) groups is 1. The third-order valence-corrected chi connectivity index (χ3v) is 4.52. The number of aromatic nitrogens is 1. The molecule has 0 atom stereocenters. The van der Waals surface area contributed by atoms with Gasteiger partial charge in [-0.3, -0.25) is 4.79 Å². The topological polar surface area (TPSA) is 75.0 Å². The molecule has 6 heteroatoms. The lowest BCUT2D eigenvalue weighted by Gasteiger charge is -2.10. The van der Waals surface area contributed by atoms with Crippen molar-refractivity contribution in [2.45, 2.75) is 5.03 Å². The number of nitrogens with zero attached hydrogens (tertiary/aromatic N) is 2. The minimum atomic E-state index is -0.187. The van der Waals surface area contributed by atoms with Crippen LogP contribution in [0.5, 0.6) is 5.75 Å². The van der Waals surface area contributed by atoms with Gasteiger partial charge in [-0.05, 0) is 24.3 Å². The maximum Gasteiger partial charge on any atom is 0.234 e. The molecule has 1 amide bonds. The summed E-state index contributed by atoms with van der Waals surface area (Å²) in [5, 5.41) is 13.6. The zero-order chi connectivity index (χ0) is 17.6. The number of anilines is 1. The molecule has 0 saturated carbocycles. The van der Waals surface area contributed by atoms with Crippen molar-refractivity contribution in [1.82, 2.24) is 4.98 Å². The van der Waals surface area contributed by atoms with E-state index < -0.39 is 0 Å². The Morgan fingerprint density at radius 2 is 2.00 bits per heavy atom. The molecule has 3 aromatic rings. The number of hydrogen-bond acceptors (Lipinski definition) is 5. The van der Waals surface area contributed by atoms with Crippen LogP contribution in [-0.4, -0.2) is 23.8 Å². The van der Waals surface area contributed by atoms with E-state index in [4.69, 9.17) is 4.74 Å². The smallest absolute Gasteiger partial charge is 0.234 e. The second-order valence-electron chi connectivity index (χ2n) is 5.18. The highest BCUT2D eigenvalue weighted by molar-refractivity contribution is 8.00. The number of rotatable bonds is 5. The van der Waals surface area contributed by atoms with Crippen molar-refractivity contribution in [1.29, 1.82) is 5.26 Å². The van der Waals surface area contributed by atoms with Crippen molar-refractivity contribution in [2.24, 2.45) is 0 Å². The molecule has 0 spiro atoms. The third-order valence-electron chi connectivity index (χ3n) is 3.53. The van der Waals surface area contributed by atoms with Crippen LogP contribution in [0.3, 0.4) is 0 Å². The van der Waals surface area contributed by atoms with Crippen molar-refractivity contribution < 1.29 is 9.53 Å². The van der Waals surface area contributed by atoms with Gasteiger partial charge in [-0.25, -0.2) is 4.98 Å². The van der Waals surface area contributed by atoms with E-state index in [1.54, 1.807) is 25.3 Å². The number of thioether (sulfide) groups is 1. The fourth-order valence-corrected chi connectivity index (χ4v) is 3.12. The summed E-state index contributed by atoms with van der Waals surface area (Å²) in [6.07, 6.45) is 0. The number of methoxy groups -OCH3 is 1. The van der Waals surface area contributed by atoms with E-state index in [9.17, 15) is 10.1 Å². The van der Waals surface area contributed by atoms with Crippen molar-refractivity contribution in [2.75, 3.05) is 18.2 Å². The van der Waals surface area contributed by atoms with Crippen LogP contribution in [-0.2, 0) is 4.79 Å². The zero-order valence-electron chi connectivity index (χ0n) is 13.5. The van der Waals surface area contributed by atoms with Crippen LogP contribution in [0.25, 0.3) is 10.9 Å². The van der Waals surface area contributed by atoms with Gasteiger partial charge in [-0.1, -0.05) is 42.1 Å². The van der Waals surface area contributed by atoms with Gasteiger partial charge in [0.2, 0.25) is 5.91 Å². The largest absolute Gasteiger partial charge is 0.495 e. The van der Waals surface area contributed by atoms with Crippen molar-refractivity contribution in [3.8, 4) is 11.8 Å². The SMILES string of the molecule is COc1ccccc1NC(=O)CSc1nc2ccccc2cc1C#N. The monoisotopic (exact) mass is 349 g/mol. The minimum absolute atomic E-state index is 0.151. The molecule has 0 aliphatic carbocycles. The molecule has 0 aliphatic heterocycles. The molecule has 0 fully saturated rings. The first-order chi connectivity index (χ1) is 12.2. The van der Waals surface area contributed by atoms with Crippen molar-refractivity contribution in [3.63, 3.8) is 0 Å². The van der Waals surface area contributed by atoms with Gasteiger partial charge in [0.25, 0.3) is 0 Å². The predicted octanol–water partition coefficient (Wildman–Crippen LogP) is 3.85. The predicted molar refractivity (Wildman–Crippen MR) is 98.8 cm³/mol. The number of fused-ring (bicyclic) bond motifs is 1. The fraction of sp³-hybridized carbons (Fsp3) is 0.105. The van der Waals surface area contributed by atoms with Gasteiger partial charge in [-0.15, -0.1) is 0 Å². The number of nitriles is 1. The van der Waals surface area contributed by atoms with E-state index >= 15 is 0 Å². The Bertz CT molecular complexity index is 966. The van der Waals surface area contributed by atoms with Crippen molar-refractivity contribution >= 4 is 34.3 Å². The summed E-state index contributed by atoms with van der Waals surface area (Å²) in [4.78, 5) is 16.7. The minimum Gasteiger partial charge on any atom is -0.495 e. The molecule has 2 aromatic carbocycles. The maximum absolute atomic E-state index is 12.2. The van der Waals surface area contributed by atoms with Gasteiger partial charge in [0.05, 0.1) is 29.6 Å². The summed E-state index contributed by atoms with van der Waals surface area (Å²) in [5.41, 5.74) is 1.88. The van der Waals surface area contributed by atoms with E-state index in [0.29, 0.717) is 22.0 Å². The van der Waals surface area contributed by atoms with Gasteiger partial charge < -0.3 is 10.1 Å². The Morgan fingerprint density at radius 1 is 1.24 bits per heavy atom. The van der Waals surface area contributed by atoms with Crippen molar-refractivity contribution in [3.05, 3.63) is 60.2 Å². The molecule has 1 aromatic heterocycles. The Balaban J connectivity index is 1.74. The van der Waals surface area contributed by atoms with Crippen LogP contribution in [0.2, 0.25) is 0 Å². The van der Waals surface area contributed by atoms with E-state index in [1.165, 1.54) is 11.8 Å². The summed E-state index contributed by atoms with van der Waals surface area (Å²) >= 11 is 1.24. The van der Waals surface area contributed by atoms with E-state index in [1.807, 2.05) is 36.4 Å². The molecule has 5 nitrogen and oxygen atoms in total. The molecule has 3 rings (SSSR count). The Morgan fingerprint density at radius 3 is 2.80 bits per heavy atom. The third kappa shape index (κ3) is 3.90. The molecule has 0 radical (unpaired) electrons. The first-order valence-corrected chi connectivity index (χ1v) is 8.55. The number of ether oxygens (including phenoxy) is 1. The molecule has 0 bridgehead atoms. The molecule has 1 heterocycles. The number of carbonyl (C=O) groups excluding carboxylic acids is 1. The molecule has 124 valence electrons. The first kappa shape index (κ1) is 16.8. The van der Waals surface area contributed by atoms with Crippen LogP contribution >= 0.6 is 11.8 Å². The number of pyridine rings is 1. The summed E-state index contributed by atoms with van der Waals surface area (Å²) in [5.74, 6) is 0.564. The number of hydrogen-bond donors (Lipinski definition) is 1. The first-order valence-electron chi connectivity index (χ1n) is 7.57. The zero-order valence-corrected chi connectivity index (χ0v) is 14.3. The summed E-state index contributed by atoms with van der Waals surface area (Å²) in [6.45, 7) is 0. The summed E-state index contributed by atoms with van der Waals surface area (Å²) in [6, 6.07) is 18.7. The lowest BCUT2D eigenvalue weighted by Crippen LogP contribution is -2.14. The van der Waals surface area contributed by atoms with Crippen LogP contribution in [0.1, 0.15) is 5.56 Å². The van der Waals surface area contributed by atoms with Gasteiger partial charge in [-0.2, -0.15) is 5.26 Å². The summed E-state index contributed by atoms with van der Waals surface area (Å²) in [7, 11) is 1.55. The Hall–Kier alpha value is -3.04. The van der Waals surface area contributed by atoms with Crippen LogP contribution in [0.4, 0.5) is 5.69 Å². The highest BCUT2D eigenvalue weighted by Gasteiger charge is 2.11. The fourth-order valence-electron chi connectivity index (χ4n) is 2.36. The average molecular weight is 349 g/mol. The maximum atomic E-state index is 12.2. The number of benzene rings is 2. The van der Waals surface area contributed by atoms with E-state index in [2.05, 4.69) is 16.4 Å². The molecule has 0 saturated heterocycles. The number of para-hydroxylation sites is 3. The lowest BCUT2D eigenvalue weighted by atomic mass is 10.2. The standard InChI is InChI=1S/C19H15N3O2S/c1-24-17-9-5-4-8-16(17)21-18(23)12-25-19-14(11-20)10-13-6-2-3-7-15(13)22-19/h2-10H,12H2,1H3,(H,21,23). The normalized spacial score (nSPS) is 10.2. The molecular weight excluding hydrogens is 334 g/mol. The summed E-state index contributed by atoms with van der Waals surface area (Å²) < 4.78 is 5.22. The van der Waals surface area contributed by atoms with Gasteiger partial charge in [0, 0.05) is 5.39 Å². The highest BCUT2D eigenvalue weighted by atomic mass is 32.2. The Labute approximate surface area is 149 Å². The second kappa shape index (κ2) is 7.69.